The molecule has 0 spiro atoms. The molecule has 36 heavy (non-hydrogen) atoms. The third-order valence-electron chi connectivity index (χ3n) is 11.7. The summed E-state index contributed by atoms with van der Waals surface area (Å²) < 4.78 is 0. The van der Waals surface area contributed by atoms with Gasteiger partial charge in [0.1, 0.15) is 0 Å². The highest BCUT2D eigenvalue weighted by Gasteiger charge is 2.63. The molecule has 1 aromatic rings. The Kier molecular flexibility index (Phi) is 6.98. The lowest BCUT2D eigenvalue weighted by Crippen LogP contribution is -2.61. The molecule has 4 bridgehead atoms. The van der Waals surface area contributed by atoms with E-state index in [9.17, 15) is 0 Å². The van der Waals surface area contributed by atoms with E-state index >= 15 is 0 Å². The second-order valence-electron chi connectivity index (χ2n) is 14.7. The molecule has 2 aliphatic heterocycles. The minimum Gasteiger partial charge on any atom is -0.313 e. The summed E-state index contributed by atoms with van der Waals surface area (Å²) in [6.45, 7) is 9.98. The zero-order valence-corrected chi connectivity index (χ0v) is 25.6. The van der Waals surface area contributed by atoms with Crippen LogP contribution in [-0.2, 0) is 10.3 Å². The molecule has 0 amide bonds. The van der Waals surface area contributed by atoms with Gasteiger partial charge in [-0.1, -0.05) is 57.9 Å². The molecule has 4 aliphatic carbocycles. The Morgan fingerprint density at radius 1 is 0.722 bits per heavy atom. The highest BCUT2D eigenvalue weighted by molar-refractivity contribution is 7.19. The van der Waals surface area contributed by atoms with E-state index in [2.05, 4.69) is 74.1 Å². The van der Waals surface area contributed by atoms with Crippen molar-refractivity contribution in [3.63, 3.8) is 0 Å². The number of benzene rings is 1. The van der Waals surface area contributed by atoms with Gasteiger partial charge >= 0.3 is 0 Å². The Morgan fingerprint density at radius 3 is 1.61 bits per heavy atom. The monoisotopic (exact) mass is 526 g/mol. The molecule has 1 aromatic carbocycles. The molecule has 2 nitrogen and oxygen atoms in total. The second kappa shape index (κ2) is 9.58. The van der Waals surface area contributed by atoms with Crippen LogP contribution < -0.4 is 10.6 Å². The molecule has 6 aliphatic rings. The Labute approximate surface area is 226 Å². The van der Waals surface area contributed by atoms with E-state index in [-0.39, 0.29) is 15.7 Å². The van der Waals surface area contributed by atoms with Gasteiger partial charge in [0.05, 0.1) is 0 Å². The first-order valence-corrected chi connectivity index (χ1v) is 16.5. The summed E-state index contributed by atoms with van der Waals surface area (Å²) in [5.41, 5.74) is 3.85. The molecule has 7 rings (SSSR count). The van der Waals surface area contributed by atoms with Crippen molar-refractivity contribution in [3.8, 4) is 0 Å². The van der Waals surface area contributed by atoms with E-state index in [1.165, 1.54) is 77.0 Å². The predicted molar refractivity (Wildman–Crippen MR) is 161 cm³/mol. The van der Waals surface area contributed by atoms with Crippen LogP contribution in [0.3, 0.4) is 0 Å². The van der Waals surface area contributed by atoms with Gasteiger partial charge in [0.25, 0.3) is 0 Å². The second-order valence-corrected chi connectivity index (χ2v) is 16.6. The molecule has 4 heteroatoms. The summed E-state index contributed by atoms with van der Waals surface area (Å²) in [5, 5.41) is 8.18. The van der Waals surface area contributed by atoms with Crippen LogP contribution >= 0.6 is 18.5 Å². The van der Waals surface area contributed by atoms with Crippen molar-refractivity contribution in [1.82, 2.24) is 10.6 Å². The predicted octanol–water partition coefficient (Wildman–Crippen LogP) is 7.37. The minimum absolute atomic E-state index is 0.0206. The molecular weight excluding hydrogens is 474 g/mol. The van der Waals surface area contributed by atoms with Gasteiger partial charge in [0, 0.05) is 22.4 Å². The van der Waals surface area contributed by atoms with Crippen molar-refractivity contribution in [2.75, 3.05) is 13.1 Å². The zero-order valence-electron chi connectivity index (χ0n) is 23.3. The van der Waals surface area contributed by atoms with E-state index in [1.54, 1.807) is 11.1 Å². The van der Waals surface area contributed by atoms with E-state index in [4.69, 9.17) is 0 Å². The topological polar surface area (TPSA) is 24.1 Å². The van der Waals surface area contributed by atoms with Crippen molar-refractivity contribution < 1.29 is 0 Å². The molecule has 5 unspecified atom stereocenters. The van der Waals surface area contributed by atoms with E-state index < -0.39 is 0 Å². The molecule has 4 saturated carbocycles. The first-order valence-electron chi connectivity index (χ1n) is 15.3. The van der Waals surface area contributed by atoms with Crippen LogP contribution in [0.2, 0.25) is 0 Å². The normalized spacial score (nSPS) is 40.0. The highest BCUT2D eigenvalue weighted by Crippen LogP contribution is 2.73. The summed E-state index contributed by atoms with van der Waals surface area (Å²) in [6, 6.07) is 10.8. The van der Waals surface area contributed by atoms with Crippen LogP contribution in [0.15, 0.2) is 24.3 Å². The summed E-state index contributed by atoms with van der Waals surface area (Å²) in [7, 11) is 7.14. The fourth-order valence-electron chi connectivity index (χ4n) is 10.4. The minimum atomic E-state index is 0.0206. The maximum atomic E-state index is 4.04. The van der Waals surface area contributed by atoms with Crippen LogP contribution in [0, 0.1) is 28.6 Å². The number of piperidine rings is 2. The third-order valence-corrected chi connectivity index (χ3v) is 14.6. The van der Waals surface area contributed by atoms with Crippen molar-refractivity contribution in [1.29, 1.82) is 0 Å². The van der Waals surface area contributed by atoms with Crippen LogP contribution in [-0.4, -0.2) is 25.2 Å². The average molecular weight is 527 g/mol. The fourth-order valence-corrected chi connectivity index (χ4v) is 11.8. The maximum absolute atomic E-state index is 4.04. The molecule has 6 fully saturated rings. The van der Waals surface area contributed by atoms with E-state index in [0.717, 1.165) is 30.8 Å². The van der Waals surface area contributed by atoms with Gasteiger partial charge in [-0.15, -0.1) is 18.5 Å². The smallest absolute Gasteiger partial charge is 0.0405 e. The Bertz CT molecular complexity index is 886. The van der Waals surface area contributed by atoms with Crippen molar-refractivity contribution in [2.45, 2.75) is 120 Å². The quantitative estimate of drug-likeness (QED) is 0.391. The number of hydrogen-bond donors (Lipinski definition) is 2. The van der Waals surface area contributed by atoms with Crippen molar-refractivity contribution in [3.05, 3.63) is 35.4 Å². The van der Waals surface area contributed by atoms with Crippen LogP contribution in [0.5, 0.6) is 0 Å². The average Bonchev–Trinajstić information content (AvgIpc) is 2.87. The van der Waals surface area contributed by atoms with Crippen LogP contribution in [0.25, 0.3) is 0 Å². The van der Waals surface area contributed by atoms with Gasteiger partial charge in [-0.3, -0.25) is 0 Å². The summed E-state index contributed by atoms with van der Waals surface area (Å²) in [4.78, 5) is 0. The lowest BCUT2D eigenvalue weighted by Gasteiger charge is -2.67. The summed E-state index contributed by atoms with van der Waals surface area (Å²) in [5.74, 6) is 2.89. The van der Waals surface area contributed by atoms with Gasteiger partial charge in [-0.25, -0.2) is 0 Å². The van der Waals surface area contributed by atoms with Gasteiger partial charge in [0.15, 0.2) is 0 Å². The standard InChI is InChI=1S/C32H52N2P2/c1-29(2,3)32(36,30-19-22-16-23(20-30)18-24(17-22)21-30)26-11-5-4-10-25(26)31(35,27-12-6-8-14-33-27)28-13-7-9-15-34-28/h4-5,10-11,22-24,27-28,33-34H,6-9,12-21,35-36H2,1-3H3. The molecule has 5 atom stereocenters. The first kappa shape index (κ1) is 26.2. The molecule has 2 saturated heterocycles. The van der Waals surface area contributed by atoms with Gasteiger partial charge in [-0.05, 0) is 117 Å². The van der Waals surface area contributed by atoms with E-state index in [1.807, 2.05) is 0 Å². The lowest BCUT2D eigenvalue weighted by molar-refractivity contribution is -0.101. The number of hydrogen-bond acceptors (Lipinski definition) is 2. The summed E-state index contributed by atoms with van der Waals surface area (Å²) in [6.07, 6.45) is 16.8. The molecule has 2 heterocycles. The first-order chi connectivity index (χ1) is 17.2. The van der Waals surface area contributed by atoms with E-state index in [0.29, 0.717) is 17.5 Å². The molecule has 200 valence electrons. The third kappa shape index (κ3) is 4.02. The van der Waals surface area contributed by atoms with Crippen molar-refractivity contribution in [2.24, 2.45) is 28.6 Å². The Balaban J connectivity index is 1.52. The summed E-state index contributed by atoms with van der Waals surface area (Å²) >= 11 is 0. The van der Waals surface area contributed by atoms with Crippen LogP contribution in [0.4, 0.5) is 0 Å². The number of nitrogens with one attached hydrogen (secondary N) is 2. The Hall–Kier alpha value is -0.0000000000000000416. The van der Waals surface area contributed by atoms with Gasteiger partial charge in [-0.2, -0.15) is 0 Å². The Morgan fingerprint density at radius 2 is 1.19 bits per heavy atom. The van der Waals surface area contributed by atoms with Gasteiger partial charge in [0.2, 0.25) is 0 Å². The highest BCUT2D eigenvalue weighted by atomic mass is 31.0. The molecule has 2 N–H and O–H groups in total. The number of rotatable bonds is 5. The van der Waals surface area contributed by atoms with Crippen molar-refractivity contribution >= 4 is 18.5 Å². The lowest BCUT2D eigenvalue weighted by atomic mass is 9.42. The van der Waals surface area contributed by atoms with Gasteiger partial charge < -0.3 is 10.6 Å². The maximum Gasteiger partial charge on any atom is 0.0405 e. The SMILES string of the molecule is CC(C)(C)C(P)(c1ccccc1C(P)(C1CCCCN1)C1CCCCN1)C12CC3CC(CC(C3)C1)C2. The zero-order chi connectivity index (χ0) is 25.2. The molecular formula is C32H52N2P2. The van der Waals surface area contributed by atoms with Crippen LogP contribution in [0.1, 0.15) is 109 Å². The molecule has 0 radical (unpaired) electrons. The largest absolute Gasteiger partial charge is 0.313 e. The molecule has 0 aromatic heterocycles. The fraction of sp³-hybridized carbons (Fsp3) is 0.812.